The molecule has 0 saturated heterocycles. The number of halogens is 3. The summed E-state index contributed by atoms with van der Waals surface area (Å²) in [6.45, 7) is 0. The van der Waals surface area contributed by atoms with Gasteiger partial charge in [-0.05, 0) is 56.1 Å². The molecule has 0 bridgehead atoms. The van der Waals surface area contributed by atoms with Crippen molar-refractivity contribution < 1.29 is 4.74 Å². The van der Waals surface area contributed by atoms with Crippen LogP contribution in [0.4, 0.5) is 0 Å². The fraction of sp³-hybridized carbons (Fsp3) is 0.231. The van der Waals surface area contributed by atoms with E-state index in [0.717, 1.165) is 30.5 Å². The number of benzene rings is 1. The van der Waals surface area contributed by atoms with E-state index in [9.17, 15) is 0 Å². The SMILES string of the molecule is N[C@@H]1CC(c2cc(Br)c(Br)s2)Oc2ccc(Br)cc21. The Morgan fingerprint density at radius 2 is 2.00 bits per heavy atom. The van der Waals surface area contributed by atoms with Crippen molar-refractivity contribution in [2.75, 3.05) is 0 Å². The molecular weight excluding hydrogens is 458 g/mol. The van der Waals surface area contributed by atoms with E-state index < -0.39 is 0 Å². The van der Waals surface area contributed by atoms with Gasteiger partial charge < -0.3 is 10.5 Å². The molecular formula is C13H10Br3NOS. The molecule has 1 aromatic carbocycles. The maximum atomic E-state index is 6.27. The van der Waals surface area contributed by atoms with Crippen molar-refractivity contribution in [2.24, 2.45) is 5.73 Å². The molecule has 1 unspecified atom stereocenters. The summed E-state index contributed by atoms with van der Waals surface area (Å²) >= 11 is 12.2. The van der Waals surface area contributed by atoms with Gasteiger partial charge in [-0.2, -0.15) is 0 Å². The summed E-state index contributed by atoms with van der Waals surface area (Å²) in [6, 6.07) is 8.09. The van der Waals surface area contributed by atoms with Gasteiger partial charge in [-0.1, -0.05) is 15.9 Å². The third-order valence-corrected chi connectivity index (χ3v) is 6.93. The van der Waals surface area contributed by atoms with Crippen LogP contribution >= 0.6 is 59.1 Å². The zero-order valence-electron chi connectivity index (χ0n) is 9.70. The van der Waals surface area contributed by atoms with Gasteiger partial charge in [-0.15, -0.1) is 11.3 Å². The van der Waals surface area contributed by atoms with Crippen molar-refractivity contribution in [3.63, 3.8) is 0 Å². The Hall–Kier alpha value is 0.120. The summed E-state index contributed by atoms with van der Waals surface area (Å²) in [4.78, 5) is 1.18. The molecule has 1 aliphatic heterocycles. The normalized spacial score (nSPS) is 21.9. The molecule has 0 spiro atoms. The van der Waals surface area contributed by atoms with E-state index in [2.05, 4.69) is 53.9 Å². The molecule has 100 valence electrons. The molecule has 0 saturated carbocycles. The number of hydrogen-bond donors (Lipinski definition) is 1. The number of ether oxygens (including phenoxy) is 1. The summed E-state index contributed by atoms with van der Waals surface area (Å²) in [7, 11) is 0. The van der Waals surface area contributed by atoms with Crippen LogP contribution in [0, 0.1) is 0 Å². The monoisotopic (exact) mass is 465 g/mol. The first kappa shape index (κ1) is 14.1. The Morgan fingerprint density at radius 1 is 1.21 bits per heavy atom. The second kappa shape index (κ2) is 5.48. The standard InChI is InChI=1S/C13H10Br3NOS/c14-6-1-2-10-7(3-6)9(17)5-11(18-10)12-4-8(15)13(16)19-12/h1-4,9,11H,5,17H2/t9-,11?/m1/s1. The predicted molar refractivity (Wildman–Crippen MR) is 88.8 cm³/mol. The highest BCUT2D eigenvalue weighted by atomic mass is 79.9. The van der Waals surface area contributed by atoms with Crippen LogP contribution in [0.1, 0.15) is 29.0 Å². The lowest BCUT2D eigenvalue weighted by molar-refractivity contribution is 0.165. The number of fused-ring (bicyclic) bond motifs is 1. The van der Waals surface area contributed by atoms with E-state index in [1.165, 1.54) is 4.88 Å². The van der Waals surface area contributed by atoms with Crippen LogP contribution in [-0.2, 0) is 0 Å². The predicted octanol–water partition coefficient (Wildman–Crippen LogP) is 5.56. The second-order valence-electron chi connectivity index (χ2n) is 4.40. The number of rotatable bonds is 1. The second-order valence-corrected chi connectivity index (χ2v) is 8.57. The lowest BCUT2D eigenvalue weighted by Crippen LogP contribution is -2.23. The molecule has 2 N–H and O–H groups in total. The topological polar surface area (TPSA) is 35.2 Å². The van der Waals surface area contributed by atoms with E-state index in [1.54, 1.807) is 11.3 Å². The number of thiophene rings is 1. The van der Waals surface area contributed by atoms with Crippen LogP contribution in [0.25, 0.3) is 0 Å². The number of nitrogens with two attached hydrogens (primary N) is 1. The Labute approximate surface area is 140 Å². The van der Waals surface area contributed by atoms with Gasteiger partial charge in [0.25, 0.3) is 0 Å². The van der Waals surface area contributed by atoms with Crippen molar-refractivity contribution >= 4 is 59.1 Å². The Balaban J connectivity index is 1.94. The minimum absolute atomic E-state index is 0.00546. The molecule has 1 aromatic heterocycles. The summed E-state index contributed by atoms with van der Waals surface area (Å²) in [5, 5.41) is 0. The first-order valence-corrected chi connectivity index (χ1v) is 8.90. The molecule has 0 amide bonds. The van der Waals surface area contributed by atoms with Gasteiger partial charge in [0.2, 0.25) is 0 Å². The van der Waals surface area contributed by atoms with Crippen LogP contribution in [0.15, 0.2) is 37.0 Å². The van der Waals surface area contributed by atoms with Crippen LogP contribution in [0.2, 0.25) is 0 Å². The molecule has 1 aliphatic rings. The zero-order chi connectivity index (χ0) is 13.6. The van der Waals surface area contributed by atoms with Gasteiger partial charge >= 0.3 is 0 Å². The van der Waals surface area contributed by atoms with Crippen molar-refractivity contribution in [3.05, 3.63) is 47.4 Å². The minimum atomic E-state index is 0.00546. The maximum absolute atomic E-state index is 6.27. The molecule has 3 rings (SSSR count). The van der Waals surface area contributed by atoms with Crippen LogP contribution in [0.5, 0.6) is 5.75 Å². The molecule has 6 heteroatoms. The van der Waals surface area contributed by atoms with Gasteiger partial charge in [-0.25, -0.2) is 0 Å². The summed E-state index contributed by atoms with van der Waals surface area (Å²) < 4.78 is 9.26. The van der Waals surface area contributed by atoms with E-state index in [4.69, 9.17) is 10.5 Å². The fourth-order valence-corrected chi connectivity index (χ4v) is 4.68. The van der Waals surface area contributed by atoms with Crippen molar-refractivity contribution in [2.45, 2.75) is 18.6 Å². The Bertz CT molecular complexity index is 609. The molecule has 2 nitrogen and oxygen atoms in total. The van der Waals surface area contributed by atoms with Gasteiger partial charge in [0.15, 0.2) is 0 Å². The molecule has 19 heavy (non-hydrogen) atoms. The van der Waals surface area contributed by atoms with Gasteiger partial charge in [-0.3, -0.25) is 0 Å². The molecule has 0 aliphatic carbocycles. The fourth-order valence-electron chi connectivity index (χ4n) is 2.17. The van der Waals surface area contributed by atoms with Crippen LogP contribution in [0.3, 0.4) is 0 Å². The van der Waals surface area contributed by atoms with E-state index in [-0.39, 0.29) is 12.1 Å². The largest absolute Gasteiger partial charge is 0.484 e. The average molecular weight is 468 g/mol. The number of hydrogen-bond acceptors (Lipinski definition) is 3. The third kappa shape index (κ3) is 2.78. The van der Waals surface area contributed by atoms with E-state index >= 15 is 0 Å². The average Bonchev–Trinajstić information content (AvgIpc) is 2.70. The van der Waals surface area contributed by atoms with Gasteiger partial charge in [0.1, 0.15) is 11.9 Å². The first-order chi connectivity index (χ1) is 9.04. The molecule has 0 fully saturated rings. The van der Waals surface area contributed by atoms with Crippen LogP contribution < -0.4 is 10.5 Å². The van der Waals surface area contributed by atoms with E-state index in [0.29, 0.717) is 0 Å². The highest BCUT2D eigenvalue weighted by molar-refractivity contribution is 9.13. The van der Waals surface area contributed by atoms with Gasteiger partial charge in [0, 0.05) is 31.8 Å². The quantitative estimate of drug-likeness (QED) is 0.596. The Morgan fingerprint density at radius 3 is 2.68 bits per heavy atom. The summed E-state index contributed by atoms with van der Waals surface area (Å²) in [6.07, 6.45) is 0.819. The third-order valence-electron chi connectivity index (χ3n) is 3.09. The minimum Gasteiger partial charge on any atom is -0.484 e. The summed E-state index contributed by atoms with van der Waals surface area (Å²) in [5.74, 6) is 0.882. The van der Waals surface area contributed by atoms with Crippen molar-refractivity contribution in [1.82, 2.24) is 0 Å². The maximum Gasteiger partial charge on any atom is 0.135 e. The van der Waals surface area contributed by atoms with Crippen molar-refractivity contribution in [1.29, 1.82) is 0 Å². The molecule has 2 atom stereocenters. The lowest BCUT2D eigenvalue weighted by Gasteiger charge is -2.29. The highest BCUT2D eigenvalue weighted by Crippen LogP contribution is 2.44. The lowest BCUT2D eigenvalue weighted by atomic mass is 9.97. The van der Waals surface area contributed by atoms with E-state index in [1.807, 2.05) is 18.2 Å². The first-order valence-electron chi connectivity index (χ1n) is 5.71. The van der Waals surface area contributed by atoms with Crippen molar-refractivity contribution in [3.8, 4) is 5.75 Å². The molecule has 0 radical (unpaired) electrons. The highest BCUT2D eigenvalue weighted by Gasteiger charge is 2.28. The smallest absolute Gasteiger partial charge is 0.135 e. The molecule has 2 heterocycles. The summed E-state index contributed by atoms with van der Waals surface area (Å²) in [5.41, 5.74) is 7.34. The zero-order valence-corrected chi connectivity index (χ0v) is 15.3. The van der Waals surface area contributed by atoms with Crippen LogP contribution in [-0.4, -0.2) is 0 Å². The Kier molecular flexibility index (Phi) is 4.06. The van der Waals surface area contributed by atoms with Gasteiger partial charge in [0.05, 0.1) is 3.79 Å². The molecule has 2 aromatic rings.